The van der Waals surface area contributed by atoms with Gasteiger partial charge in [0, 0.05) is 6.42 Å². The minimum absolute atomic E-state index is 0.324. The van der Waals surface area contributed by atoms with Gasteiger partial charge in [0.2, 0.25) is 0 Å². The SMILES string of the molecule is C1#C[C@@H]2O[C@@H]2CCCC1. The number of ether oxygens (including phenoxy) is 1. The van der Waals surface area contributed by atoms with Crippen molar-refractivity contribution in [3.05, 3.63) is 0 Å². The summed E-state index contributed by atoms with van der Waals surface area (Å²) in [5.74, 6) is 6.19. The molecule has 1 saturated heterocycles. The third-order valence-corrected chi connectivity index (χ3v) is 1.87. The van der Waals surface area contributed by atoms with Gasteiger partial charge in [-0.1, -0.05) is 5.92 Å². The van der Waals surface area contributed by atoms with E-state index >= 15 is 0 Å². The van der Waals surface area contributed by atoms with E-state index in [1.54, 1.807) is 0 Å². The fourth-order valence-corrected chi connectivity index (χ4v) is 1.22. The summed E-state index contributed by atoms with van der Waals surface area (Å²) < 4.78 is 5.26. The van der Waals surface area contributed by atoms with E-state index < -0.39 is 0 Å². The molecule has 1 nitrogen and oxygen atoms in total. The van der Waals surface area contributed by atoms with Crippen LogP contribution in [0.2, 0.25) is 0 Å². The predicted molar refractivity (Wildman–Crippen MR) is 34.9 cm³/mol. The molecule has 9 heavy (non-hydrogen) atoms. The van der Waals surface area contributed by atoms with Crippen molar-refractivity contribution in [2.75, 3.05) is 0 Å². The molecule has 2 atom stereocenters. The topological polar surface area (TPSA) is 12.5 Å². The third-order valence-electron chi connectivity index (χ3n) is 1.87. The molecule has 1 heterocycles. The largest absolute Gasteiger partial charge is 0.356 e. The molecule has 0 N–H and O–H groups in total. The van der Waals surface area contributed by atoms with Gasteiger partial charge < -0.3 is 4.74 Å². The Morgan fingerprint density at radius 2 is 2.33 bits per heavy atom. The summed E-state index contributed by atoms with van der Waals surface area (Å²) in [6.07, 6.45) is 5.71. The number of epoxide rings is 1. The van der Waals surface area contributed by atoms with E-state index in [1.807, 2.05) is 0 Å². The summed E-state index contributed by atoms with van der Waals surface area (Å²) in [5.41, 5.74) is 0. The molecule has 48 valence electrons. The first-order valence-corrected chi connectivity index (χ1v) is 3.61. The van der Waals surface area contributed by atoms with Gasteiger partial charge in [0.25, 0.3) is 0 Å². The average Bonchev–Trinajstić information content (AvgIpc) is 2.46. The molecule has 0 amide bonds. The zero-order valence-corrected chi connectivity index (χ0v) is 5.39. The Morgan fingerprint density at radius 1 is 1.33 bits per heavy atom. The van der Waals surface area contributed by atoms with E-state index in [4.69, 9.17) is 4.74 Å². The van der Waals surface area contributed by atoms with Crippen LogP contribution in [0.5, 0.6) is 0 Å². The number of rotatable bonds is 0. The molecule has 0 aromatic carbocycles. The van der Waals surface area contributed by atoms with Gasteiger partial charge in [-0.25, -0.2) is 0 Å². The second-order valence-electron chi connectivity index (χ2n) is 2.66. The minimum Gasteiger partial charge on any atom is -0.356 e. The zero-order valence-electron chi connectivity index (χ0n) is 5.39. The van der Waals surface area contributed by atoms with Gasteiger partial charge in [0.15, 0.2) is 0 Å². The molecular formula is C8H10O. The summed E-state index contributed by atoms with van der Waals surface area (Å²) in [5, 5.41) is 0. The van der Waals surface area contributed by atoms with Crippen LogP contribution in [0.15, 0.2) is 0 Å². The quantitative estimate of drug-likeness (QED) is 0.349. The van der Waals surface area contributed by atoms with Crippen LogP contribution in [-0.4, -0.2) is 12.2 Å². The smallest absolute Gasteiger partial charge is 0.144 e. The van der Waals surface area contributed by atoms with E-state index in [9.17, 15) is 0 Å². The summed E-state index contributed by atoms with van der Waals surface area (Å²) in [7, 11) is 0. The Kier molecular flexibility index (Phi) is 1.20. The fourth-order valence-electron chi connectivity index (χ4n) is 1.22. The maximum atomic E-state index is 5.26. The molecule has 1 fully saturated rings. The molecule has 0 aromatic rings. The second kappa shape index (κ2) is 2.04. The van der Waals surface area contributed by atoms with Crippen LogP contribution in [0.1, 0.15) is 25.7 Å². The molecule has 0 bridgehead atoms. The predicted octanol–water partition coefficient (Wildman–Crippen LogP) is 1.33. The highest BCUT2D eigenvalue weighted by Crippen LogP contribution is 2.27. The Labute approximate surface area is 55.4 Å². The van der Waals surface area contributed by atoms with Gasteiger partial charge in [-0.05, 0) is 19.3 Å². The molecule has 1 aliphatic heterocycles. The first kappa shape index (κ1) is 5.32. The van der Waals surface area contributed by atoms with Crippen molar-refractivity contribution in [1.29, 1.82) is 0 Å². The highest BCUT2D eigenvalue weighted by Gasteiger charge is 2.36. The first-order valence-electron chi connectivity index (χ1n) is 3.61. The van der Waals surface area contributed by atoms with Crippen molar-refractivity contribution in [3.63, 3.8) is 0 Å². The van der Waals surface area contributed by atoms with Crippen LogP contribution in [0, 0.1) is 11.8 Å². The average molecular weight is 122 g/mol. The van der Waals surface area contributed by atoms with Gasteiger partial charge in [0.05, 0.1) is 6.10 Å². The third kappa shape index (κ3) is 1.09. The zero-order chi connectivity index (χ0) is 6.10. The monoisotopic (exact) mass is 122 g/mol. The number of hydrogen-bond donors (Lipinski definition) is 0. The fraction of sp³-hybridized carbons (Fsp3) is 0.750. The standard InChI is InChI=1S/C8H10O/c1-2-4-6-8-7(9-8)5-3-1/h7-8H,1-3,5H2/t7-,8+/m1/s1. The summed E-state index contributed by atoms with van der Waals surface area (Å²) in [6.45, 7) is 0. The Hall–Kier alpha value is -0.480. The van der Waals surface area contributed by atoms with Crippen molar-refractivity contribution in [2.24, 2.45) is 0 Å². The van der Waals surface area contributed by atoms with Crippen molar-refractivity contribution < 1.29 is 4.74 Å². The van der Waals surface area contributed by atoms with E-state index in [-0.39, 0.29) is 0 Å². The molecule has 2 rings (SSSR count). The van der Waals surface area contributed by atoms with Crippen molar-refractivity contribution in [1.82, 2.24) is 0 Å². The lowest BCUT2D eigenvalue weighted by atomic mass is 10.1. The summed E-state index contributed by atoms with van der Waals surface area (Å²) in [4.78, 5) is 0. The van der Waals surface area contributed by atoms with Gasteiger partial charge in [-0.3, -0.25) is 0 Å². The van der Waals surface area contributed by atoms with Crippen LogP contribution in [-0.2, 0) is 4.74 Å². The molecule has 0 spiro atoms. The van der Waals surface area contributed by atoms with Gasteiger partial charge in [-0.15, -0.1) is 5.92 Å². The van der Waals surface area contributed by atoms with Gasteiger partial charge in [-0.2, -0.15) is 0 Å². The van der Waals surface area contributed by atoms with Gasteiger partial charge >= 0.3 is 0 Å². The Morgan fingerprint density at radius 3 is 3.33 bits per heavy atom. The molecule has 0 saturated carbocycles. The number of hydrogen-bond acceptors (Lipinski definition) is 1. The van der Waals surface area contributed by atoms with Crippen LogP contribution in [0.25, 0.3) is 0 Å². The lowest BCUT2D eigenvalue weighted by molar-refractivity contribution is 0.378. The lowest BCUT2D eigenvalue weighted by Gasteiger charge is -1.93. The molecular weight excluding hydrogens is 112 g/mol. The van der Waals surface area contributed by atoms with E-state index in [1.165, 1.54) is 19.3 Å². The van der Waals surface area contributed by atoms with Crippen molar-refractivity contribution >= 4 is 0 Å². The summed E-state index contributed by atoms with van der Waals surface area (Å²) >= 11 is 0. The Bertz CT molecular complexity index is 163. The van der Waals surface area contributed by atoms with Crippen LogP contribution >= 0.6 is 0 Å². The number of fused-ring (bicyclic) bond motifs is 1. The maximum absolute atomic E-state index is 5.26. The minimum atomic E-state index is 0.324. The highest BCUT2D eigenvalue weighted by atomic mass is 16.6. The van der Waals surface area contributed by atoms with E-state index in [2.05, 4.69) is 11.8 Å². The molecule has 0 unspecified atom stereocenters. The van der Waals surface area contributed by atoms with Crippen LogP contribution in [0.3, 0.4) is 0 Å². The van der Waals surface area contributed by atoms with Crippen molar-refractivity contribution in [2.45, 2.75) is 37.9 Å². The highest BCUT2D eigenvalue weighted by molar-refractivity contribution is 5.14. The first-order chi connectivity index (χ1) is 4.47. The molecule has 2 aliphatic rings. The van der Waals surface area contributed by atoms with Gasteiger partial charge in [0.1, 0.15) is 6.10 Å². The van der Waals surface area contributed by atoms with Crippen molar-refractivity contribution in [3.8, 4) is 11.8 Å². The van der Waals surface area contributed by atoms with Crippen LogP contribution < -0.4 is 0 Å². The maximum Gasteiger partial charge on any atom is 0.144 e. The molecule has 0 aromatic heterocycles. The molecule has 1 heteroatoms. The second-order valence-corrected chi connectivity index (χ2v) is 2.66. The lowest BCUT2D eigenvalue weighted by Crippen LogP contribution is -1.93. The van der Waals surface area contributed by atoms with Crippen LogP contribution in [0.4, 0.5) is 0 Å². The molecule has 0 radical (unpaired) electrons. The molecule has 1 aliphatic carbocycles. The normalized spacial score (nSPS) is 39.1. The van der Waals surface area contributed by atoms with E-state index in [0.29, 0.717) is 12.2 Å². The van der Waals surface area contributed by atoms with E-state index in [0.717, 1.165) is 6.42 Å². The summed E-state index contributed by atoms with van der Waals surface area (Å²) in [6, 6.07) is 0. The Balaban J connectivity index is 2.00.